The van der Waals surface area contributed by atoms with Crippen LogP contribution in [0.25, 0.3) is 17.0 Å². The zero-order valence-corrected chi connectivity index (χ0v) is 9.01. The highest BCUT2D eigenvalue weighted by Gasteiger charge is 2.14. The third-order valence-electron chi connectivity index (χ3n) is 2.22. The van der Waals surface area contributed by atoms with E-state index in [1.807, 2.05) is 0 Å². The summed E-state index contributed by atoms with van der Waals surface area (Å²) in [5.74, 6) is 1.23. The average Bonchev–Trinajstić information content (AvgIpc) is 2.83. The van der Waals surface area contributed by atoms with Gasteiger partial charge >= 0.3 is 0 Å². The zero-order valence-electron chi connectivity index (χ0n) is 8.25. The van der Waals surface area contributed by atoms with E-state index in [9.17, 15) is 0 Å². The molecule has 80 valence electrons. The largest absolute Gasteiger partial charge is 0.361 e. The second kappa shape index (κ2) is 3.28. The monoisotopic (exact) mass is 235 g/mol. The van der Waals surface area contributed by atoms with Gasteiger partial charge in [0.05, 0.1) is 11.8 Å². The van der Waals surface area contributed by atoms with E-state index in [-0.39, 0.29) is 0 Å². The predicted molar refractivity (Wildman–Crippen MR) is 56.0 cm³/mol. The topological polar surface area (TPSA) is 69.1 Å². The fourth-order valence-corrected chi connectivity index (χ4v) is 1.59. The van der Waals surface area contributed by atoms with Crippen LogP contribution in [0.2, 0.25) is 5.15 Å². The van der Waals surface area contributed by atoms with Gasteiger partial charge in [0.1, 0.15) is 10.9 Å². The van der Waals surface area contributed by atoms with Crippen LogP contribution >= 0.6 is 11.6 Å². The molecule has 6 nitrogen and oxygen atoms in total. The molecule has 0 aliphatic rings. The molecular weight excluding hydrogens is 230 g/mol. The summed E-state index contributed by atoms with van der Waals surface area (Å²) in [6.45, 7) is 1.80. The number of fused-ring (bicyclic) bond motifs is 1. The van der Waals surface area contributed by atoms with E-state index >= 15 is 0 Å². The van der Waals surface area contributed by atoms with Crippen LogP contribution in [0.4, 0.5) is 0 Å². The Labute approximate surface area is 94.8 Å². The van der Waals surface area contributed by atoms with Crippen LogP contribution in [0.5, 0.6) is 0 Å². The number of rotatable bonds is 1. The molecule has 3 aromatic heterocycles. The number of aryl methyl sites for hydroxylation is 1. The standard InChI is InChI=1S/C9H6ClN5O/c1-5-6(4-11-16-5)9-13-12-8-3-2-7(10)14-15(8)9/h2-4H,1H3. The summed E-state index contributed by atoms with van der Waals surface area (Å²) in [6.07, 6.45) is 1.58. The van der Waals surface area contributed by atoms with E-state index in [2.05, 4.69) is 20.5 Å². The Balaban J connectivity index is 2.32. The van der Waals surface area contributed by atoms with Gasteiger partial charge in [0.2, 0.25) is 0 Å². The van der Waals surface area contributed by atoms with E-state index in [1.54, 1.807) is 29.8 Å². The highest BCUT2D eigenvalue weighted by molar-refractivity contribution is 6.29. The van der Waals surface area contributed by atoms with Crippen LogP contribution < -0.4 is 0 Å². The number of aromatic nitrogens is 5. The maximum Gasteiger partial charge on any atom is 0.190 e. The molecule has 0 N–H and O–H groups in total. The molecular formula is C9H6ClN5O. The van der Waals surface area contributed by atoms with Crippen molar-refractivity contribution in [1.82, 2.24) is 25.0 Å². The summed E-state index contributed by atoms with van der Waals surface area (Å²) in [4.78, 5) is 0. The van der Waals surface area contributed by atoms with E-state index in [1.165, 1.54) is 0 Å². The Bertz CT molecular complexity index is 659. The number of hydrogen-bond donors (Lipinski definition) is 0. The van der Waals surface area contributed by atoms with Gasteiger partial charge in [-0.15, -0.1) is 10.2 Å². The van der Waals surface area contributed by atoms with Crippen molar-refractivity contribution >= 4 is 17.2 Å². The van der Waals surface area contributed by atoms with Gasteiger partial charge in [-0.25, -0.2) is 0 Å². The molecule has 0 atom stereocenters. The first kappa shape index (κ1) is 9.29. The number of nitrogens with zero attached hydrogens (tertiary/aromatic N) is 5. The lowest BCUT2D eigenvalue weighted by Gasteiger charge is -1.96. The van der Waals surface area contributed by atoms with Gasteiger partial charge in [0.15, 0.2) is 11.5 Å². The Morgan fingerprint density at radius 1 is 1.31 bits per heavy atom. The van der Waals surface area contributed by atoms with Crippen molar-refractivity contribution in [3.05, 3.63) is 29.2 Å². The number of halogens is 1. The Morgan fingerprint density at radius 2 is 2.19 bits per heavy atom. The van der Waals surface area contributed by atoms with Gasteiger partial charge in [-0.3, -0.25) is 0 Å². The smallest absolute Gasteiger partial charge is 0.190 e. The van der Waals surface area contributed by atoms with Gasteiger partial charge in [0.25, 0.3) is 0 Å². The Kier molecular flexibility index (Phi) is 1.90. The molecule has 0 aromatic carbocycles. The molecule has 16 heavy (non-hydrogen) atoms. The first-order valence-corrected chi connectivity index (χ1v) is 4.93. The predicted octanol–water partition coefficient (Wildman–Crippen LogP) is 1.74. The second-order valence-corrected chi connectivity index (χ2v) is 3.63. The molecule has 0 unspecified atom stereocenters. The maximum atomic E-state index is 5.82. The fourth-order valence-electron chi connectivity index (χ4n) is 1.45. The molecule has 3 aromatic rings. The lowest BCUT2D eigenvalue weighted by atomic mass is 10.3. The molecule has 0 bridgehead atoms. The van der Waals surface area contributed by atoms with Crippen molar-refractivity contribution in [3.8, 4) is 11.4 Å². The van der Waals surface area contributed by atoms with Gasteiger partial charge in [0, 0.05) is 0 Å². The third kappa shape index (κ3) is 1.27. The SMILES string of the molecule is Cc1oncc1-c1nnc2ccc(Cl)nn12. The van der Waals surface area contributed by atoms with Gasteiger partial charge < -0.3 is 4.52 Å². The minimum Gasteiger partial charge on any atom is -0.361 e. The highest BCUT2D eigenvalue weighted by atomic mass is 35.5. The number of hydrogen-bond acceptors (Lipinski definition) is 5. The summed E-state index contributed by atoms with van der Waals surface area (Å²) in [5.41, 5.74) is 1.38. The molecule has 3 rings (SSSR count). The lowest BCUT2D eigenvalue weighted by molar-refractivity contribution is 0.398. The van der Waals surface area contributed by atoms with Crippen LogP contribution in [0.1, 0.15) is 5.76 Å². The third-order valence-corrected chi connectivity index (χ3v) is 2.42. The molecule has 0 saturated carbocycles. The lowest BCUT2D eigenvalue weighted by Crippen LogP contribution is -1.94. The van der Waals surface area contributed by atoms with Crippen molar-refractivity contribution in [2.24, 2.45) is 0 Å². The Hall–Kier alpha value is -1.95. The quantitative estimate of drug-likeness (QED) is 0.643. The van der Waals surface area contributed by atoms with Crippen LogP contribution in [0.15, 0.2) is 22.9 Å². The van der Waals surface area contributed by atoms with Gasteiger partial charge in [-0.2, -0.15) is 9.61 Å². The molecule has 0 spiro atoms. The van der Waals surface area contributed by atoms with Gasteiger partial charge in [-0.05, 0) is 19.1 Å². The van der Waals surface area contributed by atoms with Crippen LogP contribution in [-0.2, 0) is 0 Å². The molecule has 0 fully saturated rings. The van der Waals surface area contributed by atoms with Gasteiger partial charge in [-0.1, -0.05) is 16.8 Å². The summed E-state index contributed by atoms with van der Waals surface area (Å²) >= 11 is 5.82. The average molecular weight is 236 g/mol. The van der Waals surface area contributed by atoms with Crippen molar-refractivity contribution in [2.45, 2.75) is 6.92 Å². The van der Waals surface area contributed by atoms with Crippen molar-refractivity contribution in [2.75, 3.05) is 0 Å². The summed E-state index contributed by atoms with van der Waals surface area (Å²) in [7, 11) is 0. The van der Waals surface area contributed by atoms with E-state index in [0.717, 1.165) is 5.56 Å². The fraction of sp³-hybridized carbons (Fsp3) is 0.111. The van der Waals surface area contributed by atoms with E-state index in [4.69, 9.17) is 16.1 Å². The normalized spacial score (nSPS) is 11.1. The molecule has 0 saturated heterocycles. The summed E-state index contributed by atoms with van der Waals surface area (Å²) in [5, 5.41) is 16.2. The van der Waals surface area contributed by atoms with E-state index < -0.39 is 0 Å². The Morgan fingerprint density at radius 3 is 2.94 bits per heavy atom. The van der Waals surface area contributed by atoms with Crippen LogP contribution in [-0.4, -0.2) is 25.0 Å². The summed E-state index contributed by atoms with van der Waals surface area (Å²) in [6, 6.07) is 3.41. The van der Waals surface area contributed by atoms with Crippen molar-refractivity contribution < 1.29 is 4.52 Å². The summed E-state index contributed by atoms with van der Waals surface area (Å²) < 4.78 is 6.53. The van der Waals surface area contributed by atoms with Crippen molar-refractivity contribution in [1.29, 1.82) is 0 Å². The molecule has 3 heterocycles. The first-order valence-electron chi connectivity index (χ1n) is 4.55. The van der Waals surface area contributed by atoms with Crippen LogP contribution in [0, 0.1) is 6.92 Å². The minimum atomic E-state index is 0.377. The second-order valence-electron chi connectivity index (χ2n) is 3.25. The molecule has 0 aliphatic carbocycles. The highest BCUT2D eigenvalue weighted by Crippen LogP contribution is 2.21. The van der Waals surface area contributed by atoms with Crippen molar-refractivity contribution in [3.63, 3.8) is 0 Å². The van der Waals surface area contributed by atoms with E-state index in [0.29, 0.717) is 22.4 Å². The first-order chi connectivity index (χ1) is 7.75. The molecule has 7 heteroatoms. The minimum absolute atomic E-state index is 0.377. The molecule has 0 aliphatic heterocycles. The maximum absolute atomic E-state index is 5.82. The van der Waals surface area contributed by atoms with Crippen LogP contribution in [0.3, 0.4) is 0 Å². The molecule has 0 amide bonds. The zero-order chi connectivity index (χ0) is 11.1. The molecule has 0 radical (unpaired) electrons.